The van der Waals surface area contributed by atoms with Gasteiger partial charge >= 0.3 is 0 Å². The Kier molecular flexibility index (Phi) is 4.19. The lowest BCUT2D eigenvalue weighted by Gasteiger charge is -2.22. The molecule has 0 saturated heterocycles. The Labute approximate surface area is 106 Å². The van der Waals surface area contributed by atoms with Gasteiger partial charge in [-0.2, -0.15) is 0 Å². The number of sulfonamides is 1. The second kappa shape index (κ2) is 5.48. The van der Waals surface area contributed by atoms with E-state index >= 15 is 0 Å². The molecule has 1 heterocycles. The second-order valence-electron chi connectivity index (χ2n) is 4.36. The third-order valence-electron chi connectivity index (χ3n) is 3.02. The Hall–Kier alpha value is -0.430. The van der Waals surface area contributed by atoms with Crippen molar-refractivity contribution >= 4 is 21.4 Å². The van der Waals surface area contributed by atoms with E-state index < -0.39 is 10.0 Å². The third kappa shape index (κ3) is 3.28. The molecule has 0 amide bonds. The number of thiophene rings is 1. The maximum atomic E-state index is 12.0. The molecule has 1 aliphatic rings. The van der Waals surface area contributed by atoms with Crippen LogP contribution in [-0.2, 0) is 16.6 Å². The molecule has 0 atom stereocenters. The van der Waals surface area contributed by atoms with E-state index in [9.17, 15) is 8.42 Å². The minimum atomic E-state index is -3.40. The van der Waals surface area contributed by atoms with E-state index in [0.717, 1.165) is 25.7 Å². The minimum absolute atomic E-state index is 0.0752. The van der Waals surface area contributed by atoms with E-state index in [2.05, 4.69) is 4.72 Å². The normalized spacial score (nSPS) is 18.4. The minimum Gasteiger partial charge on any atom is -0.391 e. The van der Waals surface area contributed by atoms with Gasteiger partial charge in [0.15, 0.2) is 0 Å². The van der Waals surface area contributed by atoms with Crippen LogP contribution in [0, 0.1) is 0 Å². The lowest BCUT2D eigenvalue weighted by molar-refractivity contribution is 0.285. The van der Waals surface area contributed by atoms with Gasteiger partial charge in [0.05, 0.1) is 11.5 Å². The molecular formula is C11H17NO3S2. The van der Waals surface area contributed by atoms with E-state index in [0.29, 0.717) is 4.88 Å². The van der Waals surface area contributed by atoms with Crippen molar-refractivity contribution in [2.45, 2.75) is 49.6 Å². The molecule has 2 N–H and O–H groups in total. The van der Waals surface area contributed by atoms with E-state index in [4.69, 9.17) is 5.11 Å². The van der Waals surface area contributed by atoms with Crippen LogP contribution in [0.4, 0.5) is 0 Å². The molecule has 4 nitrogen and oxygen atoms in total. The standard InChI is InChI=1S/C11H17NO3S2/c13-7-10-6-11(8-16-10)17(14,15)12-9-4-2-1-3-5-9/h6,8-9,12-13H,1-5,7H2. The zero-order valence-corrected chi connectivity index (χ0v) is 11.2. The lowest BCUT2D eigenvalue weighted by atomic mass is 9.96. The first-order valence-electron chi connectivity index (χ1n) is 5.82. The number of rotatable bonds is 4. The molecule has 17 heavy (non-hydrogen) atoms. The smallest absolute Gasteiger partial charge is 0.241 e. The topological polar surface area (TPSA) is 66.4 Å². The van der Waals surface area contributed by atoms with Crippen LogP contribution in [0.5, 0.6) is 0 Å². The van der Waals surface area contributed by atoms with Gasteiger partial charge in [-0.25, -0.2) is 13.1 Å². The Balaban J connectivity index is 2.07. The van der Waals surface area contributed by atoms with Gasteiger partial charge in [-0.1, -0.05) is 19.3 Å². The number of hydrogen-bond acceptors (Lipinski definition) is 4. The predicted octanol–water partition coefficient (Wildman–Crippen LogP) is 1.85. The Morgan fingerprint density at radius 3 is 2.65 bits per heavy atom. The highest BCUT2D eigenvalue weighted by Gasteiger charge is 2.22. The van der Waals surface area contributed by atoms with Crippen molar-refractivity contribution in [1.29, 1.82) is 0 Å². The first kappa shape index (κ1) is 13.0. The fraction of sp³-hybridized carbons (Fsp3) is 0.636. The first-order chi connectivity index (χ1) is 8.12. The third-order valence-corrected chi connectivity index (χ3v) is 5.59. The SMILES string of the molecule is O=S(=O)(NC1CCCCC1)c1csc(CO)c1. The van der Waals surface area contributed by atoms with Crippen LogP contribution in [0.3, 0.4) is 0 Å². The molecule has 0 bridgehead atoms. The average molecular weight is 275 g/mol. The summed E-state index contributed by atoms with van der Waals surface area (Å²) in [5, 5.41) is 10.5. The van der Waals surface area contributed by atoms with Crippen LogP contribution in [0.25, 0.3) is 0 Å². The Bertz CT molecular complexity index is 461. The number of aliphatic hydroxyl groups excluding tert-OH is 1. The van der Waals surface area contributed by atoms with E-state index in [1.807, 2.05) is 0 Å². The average Bonchev–Trinajstić information content (AvgIpc) is 2.79. The van der Waals surface area contributed by atoms with Crippen LogP contribution in [0.1, 0.15) is 37.0 Å². The highest BCUT2D eigenvalue weighted by Crippen LogP contribution is 2.22. The van der Waals surface area contributed by atoms with Gasteiger partial charge < -0.3 is 5.11 Å². The second-order valence-corrected chi connectivity index (χ2v) is 7.07. The molecular weight excluding hydrogens is 258 g/mol. The first-order valence-corrected chi connectivity index (χ1v) is 8.19. The van der Waals surface area contributed by atoms with Crippen molar-refractivity contribution in [3.05, 3.63) is 16.3 Å². The van der Waals surface area contributed by atoms with Crippen LogP contribution in [0.15, 0.2) is 16.3 Å². The van der Waals surface area contributed by atoms with E-state index in [-0.39, 0.29) is 17.5 Å². The van der Waals surface area contributed by atoms with Crippen molar-refractivity contribution in [1.82, 2.24) is 4.72 Å². The van der Waals surface area contributed by atoms with Gasteiger partial charge in [0, 0.05) is 16.3 Å². The number of hydrogen-bond donors (Lipinski definition) is 2. The number of aliphatic hydroxyl groups is 1. The van der Waals surface area contributed by atoms with E-state index in [1.54, 1.807) is 5.38 Å². The van der Waals surface area contributed by atoms with Gasteiger partial charge in [-0.15, -0.1) is 11.3 Å². The molecule has 1 aromatic heterocycles. The summed E-state index contributed by atoms with van der Waals surface area (Å²) in [5.41, 5.74) is 0. The fourth-order valence-corrected chi connectivity index (χ4v) is 4.53. The summed E-state index contributed by atoms with van der Waals surface area (Å²) in [7, 11) is -3.40. The van der Waals surface area contributed by atoms with Gasteiger partial charge in [0.1, 0.15) is 0 Å². The molecule has 2 rings (SSSR count). The molecule has 0 spiro atoms. The van der Waals surface area contributed by atoms with Crippen molar-refractivity contribution in [3.63, 3.8) is 0 Å². The fourth-order valence-electron chi connectivity index (χ4n) is 2.09. The largest absolute Gasteiger partial charge is 0.391 e. The molecule has 1 aliphatic carbocycles. The maximum Gasteiger partial charge on any atom is 0.241 e. The summed E-state index contributed by atoms with van der Waals surface area (Å²) in [6.07, 6.45) is 5.25. The van der Waals surface area contributed by atoms with Crippen molar-refractivity contribution < 1.29 is 13.5 Å². The van der Waals surface area contributed by atoms with E-state index in [1.165, 1.54) is 23.8 Å². The number of nitrogens with one attached hydrogen (secondary N) is 1. The van der Waals surface area contributed by atoms with Gasteiger partial charge in [-0.3, -0.25) is 0 Å². The van der Waals surface area contributed by atoms with Crippen LogP contribution in [0.2, 0.25) is 0 Å². The zero-order valence-electron chi connectivity index (χ0n) is 9.55. The summed E-state index contributed by atoms with van der Waals surface area (Å²) >= 11 is 1.27. The molecule has 0 unspecified atom stereocenters. The van der Waals surface area contributed by atoms with Crippen LogP contribution in [-0.4, -0.2) is 19.6 Å². The molecule has 1 aromatic rings. The van der Waals surface area contributed by atoms with Gasteiger partial charge in [0.25, 0.3) is 0 Å². The summed E-state index contributed by atoms with van der Waals surface area (Å²) in [4.78, 5) is 0.950. The summed E-state index contributed by atoms with van der Waals surface area (Å²) in [5.74, 6) is 0. The lowest BCUT2D eigenvalue weighted by Crippen LogP contribution is -2.35. The predicted molar refractivity (Wildman–Crippen MR) is 67.4 cm³/mol. The Morgan fingerprint density at radius 2 is 2.06 bits per heavy atom. The highest BCUT2D eigenvalue weighted by molar-refractivity contribution is 7.89. The van der Waals surface area contributed by atoms with Gasteiger partial charge in [-0.05, 0) is 18.9 Å². The van der Waals surface area contributed by atoms with Crippen LogP contribution >= 0.6 is 11.3 Å². The molecule has 96 valence electrons. The Morgan fingerprint density at radius 1 is 1.35 bits per heavy atom. The van der Waals surface area contributed by atoms with Crippen molar-refractivity contribution in [2.24, 2.45) is 0 Å². The van der Waals surface area contributed by atoms with Gasteiger partial charge in [0.2, 0.25) is 10.0 Å². The molecule has 0 aliphatic heterocycles. The molecule has 1 fully saturated rings. The molecule has 1 saturated carbocycles. The summed E-state index contributed by atoms with van der Waals surface area (Å²) in [6.45, 7) is -0.108. The quantitative estimate of drug-likeness (QED) is 0.881. The molecule has 0 radical (unpaired) electrons. The monoisotopic (exact) mass is 275 g/mol. The molecule has 0 aromatic carbocycles. The maximum absolute atomic E-state index is 12.0. The van der Waals surface area contributed by atoms with Crippen molar-refractivity contribution in [3.8, 4) is 0 Å². The van der Waals surface area contributed by atoms with Crippen LogP contribution < -0.4 is 4.72 Å². The highest BCUT2D eigenvalue weighted by atomic mass is 32.2. The summed E-state index contributed by atoms with van der Waals surface area (Å²) in [6, 6.07) is 1.61. The summed E-state index contributed by atoms with van der Waals surface area (Å²) < 4.78 is 26.8. The zero-order chi connectivity index (χ0) is 12.3. The van der Waals surface area contributed by atoms with Crippen molar-refractivity contribution in [2.75, 3.05) is 0 Å². The molecule has 6 heteroatoms.